The van der Waals surface area contributed by atoms with E-state index >= 15 is 4.39 Å². The quantitative estimate of drug-likeness (QED) is 0.137. The molecule has 1 aliphatic carbocycles. The van der Waals surface area contributed by atoms with Crippen LogP contribution in [0.1, 0.15) is 46.2 Å². The molecule has 6 nitrogen and oxygen atoms in total. The first kappa shape index (κ1) is 27.5. The maximum atomic E-state index is 15.0. The van der Waals surface area contributed by atoms with Gasteiger partial charge in [-0.2, -0.15) is 18.3 Å². The fourth-order valence-electron chi connectivity index (χ4n) is 4.98. The number of alkyl halides is 3. The van der Waals surface area contributed by atoms with Crippen molar-refractivity contribution in [1.82, 2.24) is 15.1 Å². The van der Waals surface area contributed by atoms with Crippen molar-refractivity contribution in [2.45, 2.75) is 25.1 Å². The van der Waals surface area contributed by atoms with Crippen LogP contribution in [-0.2, 0) is 6.18 Å². The molecule has 1 heterocycles. The van der Waals surface area contributed by atoms with Gasteiger partial charge in [-0.05, 0) is 72.1 Å². The summed E-state index contributed by atoms with van der Waals surface area (Å²) >= 11 is 0. The third-order valence-electron chi connectivity index (χ3n) is 7.39. The van der Waals surface area contributed by atoms with Gasteiger partial charge in [-0.1, -0.05) is 54.6 Å². The molecule has 10 heteroatoms. The second kappa shape index (κ2) is 10.9. The van der Waals surface area contributed by atoms with Crippen molar-refractivity contribution < 1.29 is 22.4 Å². The largest absolute Gasteiger partial charge is 0.435 e. The average molecular weight is 574 g/mol. The maximum Gasteiger partial charge on any atom is 0.435 e. The number of hydrogen-bond donors (Lipinski definition) is 3. The number of nitrogens with zero attached hydrogens (tertiary/aromatic N) is 2. The van der Waals surface area contributed by atoms with E-state index in [9.17, 15) is 18.0 Å². The molecule has 1 saturated carbocycles. The molecule has 0 saturated heterocycles. The van der Waals surface area contributed by atoms with Crippen molar-refractivity contribution in [2.75, 3.05) is 17.6 Å². The molecule has 4 N–H and O–H groups in total. The van der Waals surface area contributed by atoms with Crippen molar-refractivity contribution in [3.05, 3.63) is 119 Å². The summed E-state index contributed by atoms with van der Waals surface area (Å²) in [7, 11) is 0. The van der Waals surface area contributed by atoms with E-state index in [0.717, 1.165) is 35.0 Å². The number of hydrogen-bond acceptors (Lipinski definition) is 4. The minimum Gasteiger partial charge on any atom is -0.398 e. The molecule has 1 amide bonds. The van der Waals surface area contributed by atoms with E-state index in [2.05, 4.69) is 15.7 Å². The number of halogens is 4. The Morgan fingerprint density at radius 3 is 2.48 bits per heavy atom. The van der Waals surface area contributed by atoms with Crippen LogP contribution in [0.5, 0.6) is 0 Å². The van der Waals surface area contributed by atoms with Crippen LogP contribution in [0, 0.1) is 11.7 Å². The topological polar surface area (TPSA) is 85.0 Å². The number of carbonyl (C=O) groups excluding carboxylic acids is 1. The highest BCUT2D eigenvalue weighted by atomic mass is 19.4. The second-order valence-electron chi connectivity index (χ2n) is 10.5. The van der Waals surface area contributed by atoms with E-state index in [1.165, 1.54) is 12.1 Å². The lowest BCUT2D eigenvalue weighted by Crippen LogP contribution is -2.25. The fourth-order valence-corrected chi connectivity index (χ4v) is 4.98. The molecular weight excluding hydrogens is 546 g/mol. The van der Waals surface area contributed by atoms with Crippen LogP contribution in [-0.4, -0.2) is 22.2 Å². The summed E-state index contributed by atoms with van der Waals surface area (Å²) in [5, 5.41) is 11.1. The van der Waals surface area contributed by atoms with Gasteiger partial charge in [-0.25, -0.2) is 9.07 Å². The molecule has 42 heavy (non-hydrogen) atoms. The summed E-state index contributed by atoms with van der Waals surface area (Å²) in [6, 6.07) is 24.4. The zero-order chi connectivity index (χ0) is 29.4. The highest BCUT2D eigenvalue weighted by Gasteiger charge is 2.36. The number of carbonyl (C=O) groups is 1. The Morgan fingerprint density at radius 1 is 0.952 bits per heavy atom. The standard InChI is InChI=1S/C32H27F4N5O/c33-25-14-12-22(30(38-18-19-9-10-19)21-5-2-1-3-6-21)15-27(25)39-31(42)28-17-29(32(34,35)36)40-41(28)23-13-11-20-7-4-8-26(37)24(20)16-23/h1-8,11-17,19,30,38H,9-10,18,37H2,(H,39,42). The van der Waals surface area contributed by atoms with Crippen LogP contribution in [0.25, 0.3) is 16.5 Å². The molecule has 214 valence electrons. The Kier molecular flexibility index (Phi) is 7.16. The number of benzene rings is 4. The van der Waals surface area contributed by atoms with Crippen LogP contribution >= 0.6 is 0 Å². The minimum absolute atomic E-state index is 0.157. The first-order valence-corrected chi connectivity index (χ1v) is 13.5. The molecule has 1 aliphatic rings. The van der Waals surface area contributed by atoms with Gasteiger partial charge in [0.05, 0.1) is 17.4 Å². The molecule has 1 aromatic heterocycles. The van der Waals surface area contributed by atoms with Gasteiger partial charge < -0.3 is 16.4 Å². The predicted molar refractivity (Wildman–Crippen MR) is 154 cm³/mol. The van der Waals surface area contributed by atoms with Gasteiger partial charge in [-0.3, -0.25) is 4.79 Å². The normalized spacial score (nSPS) is 14.2. The van der Waals surface area contributed by atoms with Crippen molar-refractivity contribution >= 4 is 28.1 Å². The first-order valence-electron chi connectivity index (χ1n) is 13.5. The van der Waals surface area contributed by atoms with Crippen LogP contribution < -0.4 is 16.4 Å². The fraction of sp³-hybridized carbons (Fsp3) is 0.188. The number of anilines is 2. The number of fused-ring (bicyclic) bond motifs is 1. The van der Waals surface area contributed by atoms with E-state index in [0.29, 0.717) is 28.6 Å². The van der Waals surface area contributed by atoms with Crippen molar-refractivity contribution in [2.24, 2.45) is 5.92 Å². The van der Waals surface area contributed by atoms with E-state index in [1.807, 2.05) is 36.4 Å². The third-order valence-corrected chi connectivity index (χ3v) is 7.39. The van der Waals surface area contributed by atoms with Gasteiger partial charge in [0, 0.05) is 17.1 Å². The lowest BCUT2D eigenvalue weighted by Gasteiger charge is -2.21. The number of nitrogens with one attached hydrogen (secondary N) is 2. The molecular formula is C32H27F4N5O. The Balaban J connectivity index is 1.36. The maximum absolute atomic E-state index is 15.0. The van der Waals surface area contributed by atoms with Crippen LogP contribution in [0.3, 0.4) is 0 Å². The van der Waals surface area contributed by atoms with E-state index in [1.54, 1.807) is 36.4 Å². The molecule has 6 rings (SSSR count). The average Bonchev–Trinajstić information content (AvgIpc) is 3.68. The molecule has 0 spiro atoms. The molecule has 0 bridgehead atoms. The second-order valence-corrected chi connectivity index (χ2v) is 10.5. The lowest BCUT2D eigenvalue weighted by atomic mass is 9.97. The molecule has 1 unspecified atom stereocenters. The van der Waals surface area contributed by atoms with Crippen molar-refractivity contribution in [1.29, 1.82) is 0 Å². The summed E-state index contributed by atoms with van der Waals surface area (Å²) in [6.07, 6.45) is -2.51. The summed E-state index contributed by atoms with van der Waals surface area (Å²) in [6.45, 7) is 0.786. The summed E-state index contributed by atoms with van der Waals surface area (Å²) in [5.74, 6) is -1.08. The summed E-state index contributed by atoms with van der Waals surface area (Å²) in [4.78, 5) is 13.5. The molecule has 4 aromatic carbocycles. The predicted octanol–water partition coefficient (Wildman–Crippen LogP) is 7.11. The smallest absolute Gasteiger partial charge is 0.398 e. The van der Waals surface area contributed by atoms with Gasteiger partial charge in [0.15, 0.2) is 5.69 Å². The monoisotopic (exact) mass is 573 g/mol. The van der Waals surface area contributed by atoms with Gasteiger partial charge in [-0.15, -0.1) is 0 Å². The highest BCUT2D eigenvalue weighted by Crippen LogP contribution is 2.33. The van der Waals surface area contributed by atoms with Gasteiger partial charge >= 0.3 is 6.18 Å². The molecule has 0 radical (unpaired) electrons. The van der Waals surface area contributed by atoms with E-state index in [4.69, 9.17) is 5.73 Å². The highest BCUT2D eigenvalue weighted by molar-refractivity contribution is 6.04. The molecule has 0 aliphatic heterocycles. The molecule has 1 atom stereocenters. The Labute approximate surface area is 239 Å². The summed E-state index contributed by atoms with van der Waals surface area (Å²) < 4.78 is 57.1. The Hall–Kier alpha value is -4.70. The number of nitrogens with two attached hydrogens (primary N) is 1. The van der Waals surface area contributed by atoms with E-state index in [-0.39, 0.29) is 17.4 Å². The number of nitrogen functional groups attached to an aromatic ring is 1. The third kappa shape index (κ3) is 5.71. The lowest BCUT2D eigenvalue weighted by molar-refractivity contribution is -0.141. The molecule has 5 aromatic rings. The minimum atomic E-state index is -4.81. The number of rotatable bonds is 8. The van der Waals surface area contributed by atoms with Gasteiger partial charge in [0.2, 0.25) is 0 Å². The van der Waals surface area contributed by atoms with Gasteiger partial charge in [0.25, 0.3) is 5.91 Å². The van der Waals surface area contributed by atoms with E-state index < -0.39 is 29.3 Å². The zero-order valence-corrected chi connectivity index (χ0v) is 22.3. The van der Waals surface area contributed by atoms with Gasteiger partial charge in [0.1, 0.15) is 11.5 Å². The Bertz CT molecular complexity index is 1760. The number of aromatic nitrogens is 2. The SMILES string of the molecule is Nc1cccc2ccc(-n3nc(C(F)(F)F)cc3C(=O)Nc3cc(C(NCC4CC4)c4ccccc4)ccc3F)cc12. The van der Waals surface area contributed by atoms with Crippen LogP contribution in [0.15, 0.2) is 91.0 Å². The number of amides is 1. The first-order chi connectivity index (χ1) is 20.2. The summed E-state index contributed by atoms with van der Waals surface area (Å²) in [5.41, 5.74) is 6.55. The van der Waals surface area contributed by atoms with Crippen molar-refractivity contribution in [3.63, 3.8) is 0 Å². The van der Waals surface area contributed by atoms with Crippen LogP contribution in [0.2, 0.25) is 0 Å². The van der Waals surface area contributed by atoms with Crippen LogP contribution in [0.4, 0.5) is 28.9 Å². The van der Waals surface area contributed by atoms with Crippen molar-refractivity contribution in [3.8, 4) is 5.69 Å². The zero-order valence-electron chi connectivity index (χ0n) is 22.3. The molecule has 1 fully saturated rings. The Morgan fingerprint density at radius 2 is 1.74 bits per heavy atom.